The van der Waals surface area contributed by atoms with Crippen molar-refractivity contribution in [1.82, 2.24) is 0 Å². The van der Waals surface area contributed by atoms with Gasteiger partial charge in [0, 0.05) is 24.2 Å². The number of nitrogens with zero attached hydrogens (tertiary/aromatic N) is 1. The number of halogens is 2. The Morgan fingerprint density at radius 1 is 1.08 bits per heavy atom. The van der Waals surface area contributed by atoms with Crippen molar-refractivity contribution in [3.8, 4) is 0 Å². The zero-order valence-corrected chi connectivity index (χ0v) is 14.0. The molecule has 1 fully saturated rings. The normalized spacial score (nSPS) is 16.7. The van der Waals surface area contributed by atoms with Crippen LogP contribution in [0.15, 0.2) is 42.5 Å². The van der Waals surface area contributed by atoms with Gasteiger partial charge in [-0.3, -0.25) is 14.4 Å². The van der Waals surface area contributed by atoms with Gasteiger partial charge in [0.25, 0.3) is 0 Å². The van der Waals surface area contributed by atoms with E-state index in [0.717, 1.165) is 12.1 Å². The van der Waals surface area contributed by atoms with Gasteiger partial charge >= 0.3 is 0 Å². The summed E-state index contributed by atoms with van der Waals surface area (Å²) >= 11 is 0. The maximum Gasteiger partial charge on any atom is 0.229 e. The van der Waals surface area contributed by atoms with Gasteiger partial charge in [-0.15, -0.1) is 0 Å². The molecule has 1 N–H and O–H groups in total. The molecule has 5 nitrogen and oxygen atoms in total. The van der Waals surface area contributed by atoms with Crippen molar-refractivity contribution in [3.05, 3.63) is 59.7 Å². The zero-order chi connectivity index (χ0) is 18.8. The predicted molar refractivity (Wildman–Crippen MR) is 91.9 cm³/mol. The first-order chi connectivity index (χ1) is 12.4. The van der Waals surface area contributed by atoms with Gasteiger partial charge in [0.1, 0.15) is 17.3 Å². The van der Waals surface area contributed by atoms with E-state index in [4.69, 9.17) is 0 Å². The number of ketones is 1. The van der Waals surface area contributed by atoms with Gasteiger partial charge in [-0.05, 0) is 43.3 Å². The zero-order valence-electron chi connectivity index (χ0n) is 14.0. The molecule has 1 heterocycles. The van der Waals surface area contributed by atoms with Crippen molar-refractivity contribution in [2.24, 2.45) is 5.92 Å². The highest BCUT2D eigenvalue weighted by Gasteiger charge is 2.35. The lowest BCUT2D eigenvalue weighted by Crippen LogP contribution is -2.28. The molecule has 1 aliphatic heterocycles. The summed E-state index contributed by atoms with van der Waals surface area (Å²) in [5, 5.41) is 2.22. The van der Waals surface area contributed by atoms with Crippen molar-refractivity contribution in [2.75, 3.05) is 16.8 Å². The molecule has 3 rings (SSSR count). The van der Waals surface area contributed by atoms with Crippen molar-refractivity contribution in [1.29, 1.82) is 0 Å². The van der Waals surface area contributed by atoms with Gasteiger partial charge < -0.3 is 10.2 Å². The summed E-state index contributed by atoms with van der Waals surface area (Å²) in [7, 11) is 0. The first kappa shape index (κ1) is 17.7. The predicted octanol–water partition coefficient (Wildman–Crippen LogP) is 3.16. The van der Waals surface area contributed by atoms with Gasteiger partial charge in [-0.1, -0.05) is 6.07 Å². The summed E-state index contributed by atoms with van der Waals surface area (Å²) in [5.74, 6) is -3.46. The SMILES string of the molecule is CC(=O)c1ccc(N2CC(C(=O)Nc3c(F)cccc3F)CC2=O)cc1. The van der Waals surface area contributed by atoms with E-state index in [2.05, 4.69) is 5.32 Å². The van der Waals surface area contributed by atoms with Crippen LogP contribution in [0.3, 0.4) is 0 Å². The number of hydrogen-bond donors (Lipinski definition) is 1. The fourth-order valence-corrected chi connectivity index (χ4v) is 2.85. The molecule has 0 aromatic heterocycles. The summed E-state index contributed by atoms with van der Waals surface area (Å²) in [6.45, 7) is 1.54. The lowest BCUT2D eigenvalue weighted by atomic mass is 10.1. The molecule has 1 atom stereocenters. The number of nitrogens with one attached hydrogen (secondary N) is 1. The minimum absolute atomic E-state index is 0.0592. The third-order valence-electron chi connectivity index (χ3n) is 4.29. The van der Waals surface area contributed by atoms with Crippen molar-refractivity contribution in [2.45, 2.75) is 13.3 Å². The van der Waals surface area contributed by atoms with Crippen molar-refractivity contribution < 1.29 is 23.2 Å². The van der Waals surface area contributed by atoms with Crippen LogP contribution in [0.2, 0.25) is 0 Å². The topological polar surface area (TPSA) is 66.5 Å². The second kappa shape index (κ2) is 7.03. The van der Waals surface area contributed by atoms with E-state index in [9.17, 15) is 23.2 Å². The van der Waals surface area contributed by atoms with E-state index >= 15 is 0 Å². The first-order valence-corrected chi connectivity index (χ1v) is 8.03. The number of anilines is 2. The van der Waals surface area contributed by atoms with E-state index in [1.54, 1.807) is 24.3 Å². The fraction of sp³-hybridized carbons (Fsp3) is 0.211. The summed E-state index contributed by atoms with van der Waals surface area (Å²) in [6.07, 6.45) is -0.0592. The first-order valence-electron chi connectivity index (χ1n) is 8.03. The number of para-hydroxylation sites is 1. The molecular formula is C19H16F2N2O3. The Kier molecular flexibility index (Phi) is 4.79. The third-order valence-corrected chi connectivity index (χ3v) is 4.29. The molecule has 7 heteroatoms. The van der Waals surface area contributed by atoms with Crippen LogP contribution >= 0.6 is 0 Å². The van der Waals surface area contributed by atoms with E-state index in [1.807, 2.05) is 0 Å². The Bertz CT molecular complexity index is 861. The van der Waals surface area contributed by atoms with Crippen LogP contribution < -0.4 is 10.2 Å². The molecular weight excluding hydrogens is 342 g/mol. The lowest BCUT2D eigenvalue weighted by Gasteiger charge is -2.17. The Hall–Kier alpha value is -3.09. The molecule has 0 spiro atoms. The second-order valence-electron chi connectivity index (χ2n) is 6.09. The standard InChI is InChI=1S/C19H16F2N2O3/c1-11(24)12-5-7-14(8-6-12)23-10-13(9-17(23)25)19(26)22-18-15(20)3-2-4-16(18)21/h2-8,13H,9-10H2,1H3,(H,22,26). The average Bonchev–Trinajstić information content (AvgIpc) is 3.00. The highest BCUT2D eigenvalue weighted by molar-refractivity contribution is 6.04. The van der Waals surface area contributed by atoms with E-state index in [-0.39, 0.29) is 24.7 Å². The van der Waals surface area contributed by atoms with Gasteiger partial charge in [-0.2, -0.15) is 0 Å². The monoisotopic (exact) mass is 358 g/mol. The molecule has 0 radical (unpaired) electrons. The summed E-state index contributed by atoms with van der Waals surface area (Å²) in [4.78, 5) is 37.3. The van der Waals surface area contributed by atoms with Crippen LogP contribution in [0.1, 0.15) is 23.7 Å². The minimum atomic E-state index is -0.876. The maximum absolute atomic E-state index is 13.7. The Labute approximate surface area is 148 Å². The third kappa shape index (κ3) is 3.46. The van der Waals surface area contributed by atoms with Gasteiger partial charge in [0.05, 0.1) is 5.92 Å². The Morgan fingerprint density at radius 3 is 2.27 bits per heavy atom. The van der Waals surface area contributed by atoms with E-state index in [0.29, 0.717) is 11.3 Å². The highest BCUT2D eigenvalue weighted by Crippen LogP contribution is 2.27. The van der Waals surface area contributed by atoms with E-state index in [1.165, 1.54) is 17.9 Å². The number of carbonyl (C=O) groups excluding carboxylic acids is 3. The average molecular weight is 358 g/mol. The molecule has 0 saturated carbocycles. The van der Waals surface area contributed by atoms with Crippen LogP contribution in [-0.4, -0.2) is 24.1 Å². The summed E-state index contributed by atoms with van der Waals surface area (Å²) in [5.41, 5.74) is 0.561. The molecule has 2 amide bonds. The molecule has 0 bridgehead atoms. The lowest BCUT2D eigenvalue weighted by molar-refractivity contribution is -0.122. The smallest absolute Gasteiger partial charge is 0.229 e. The summed E-state index contributed by atoms with van der Waals surface area (Å²) in [6, 6.07) is 9.76. The number of amides is 2. The van der Waals surface area contributed by atoms with Gasteiger partial charge in [-0.25, -0.2) is 8.78 Å². The largest absolute Gasteiger partial charge is 0.321 e. The molecule has 2 aromatic rings. The summed E-state index contributed by atoms with van der Waals surface area (Å²) < 4.78 is 27.3. The second-order valence-corrected chi connectivity index (χ2v) is 6.09. The highest BCUT2D eigenvalue weighted by atomic mass is 19.1. The number of Topliss-reactive ketones (excluding diaryl/α,β-unsaturated/α-hetero) is 1. The molecule has 1 aliphatic rings. The van der Waals surface area contributed by atoms with Crippen LogP contribution in [0.5, 0.6) is 0 Å². The number of carbonyl (C=O) groups is 3. The van der Waals surface area contributed by atoms with Crippen LogP contribution in [0.4, 0.5) is 20.2 Å². The molecule has 26 heavy (non-hydrogen) atoms. The number of rotatable bonds is 4. The molecule has 2 aromatic carbocycles. The Morgan fingerprint density at radius 2 is 1.69 bits per heavy atom. The van der Waals surface area contributed by atoms with Crippen LogP contribution in [-0.2, 0) is 9.59 Å². The quantitative estimate of drug-likeness (QED) is 0.854. The number of benzene rings is 2. The molecule has 1 saturated heterocycles. The fourth-order valence-electron chi connectivity index (χ4n) is 2.85. The van der Waals surface area contributed by atoms with Crippen LogP contribution in [0.25, 0.3) is 0 Å². The Balaban J connectivity index is 1.73. The molecule has 1 unspecified atom stereocenters. The minimum Gasteiger partial charge on any atom is -0.321 e. The van der Waals surface area contributed by atoms with Gasteiger partial charge in [0.15, 0.2) is 5.78 Å². The maximum atomic E-state index is 13.7. The van der Waals surface area contributed by atoms with Crippen molar-refractivity contribution >= 4 is 29.0 Å². The van der Waals surface area contributed by atoms with E-state index < -0.39 is 29.1 Å². The molecule has 0 aliphatic carbocycles. The molecule has 134 valence electrons. The van der Waals surface area contributed by atoms with Crippen LogP contribution in [0, 0.1) is 17.6 Å². The number of hydrogen-bond acceptors (Lipinski definition) is 3. The van der Waals surface area contributed by atoms with Crippen molar-refractivity contribution in [3.63, 3.8) is 0 Å². The van der Waals surface area contributed by atoms with Gasteiger partial charge in [0.2, 0.25) is 11.8 Å².